The van der Waals surface area contributed by atoms with E-state index in [2.05, 4.69) is 29.7 Å². The van der Waals surface area contributed by atoms with Crippen LogP contribution in [0.4, 0.5) is 0 Å². The molecule has 2 rings (SSSR count). The topological polar surface area (TPSA) is 61.4 Å². The first-order valence-corrected chi connectivity index (χ1v) is 8.29. The number of carbonyl (C=O) groups excluding carboxylic acids is 2. The van der Waals surface area contributed by atoms with Crippen LogP contribution < -0.4 is 10.6 Å². The number of likely N-dealkylation sites (N-methyl/N-ethyl adjacent to an activating group) is 1. The third-order valence-electron chi connectivity index (χ3n) is 4.33. The van der Waals surface area contributed by atoms with Gasteiger partial charge in [0.05, 0.1) is 12.6 Å². The molecule has 2 atom stereocenters. The minimum absolute atomic E-state index is 0.00713. The molecule has 1 aliphatic carbocycles. The molecular formula is C18H27N3O2. The molecule has 0 bridgehead atoms. The number of hydrogen-bond acceptors (Lipinski definition) is 3. The van der Waals surface area contributed by atoms with Gasteiger partial charge in [0, 0.05) is 12.6 Å². The summed E-state index contributed by atoms with van der Waals surface area (Å²) < 4.78 is 0. The molecule has 126 valence electrons. The molecule has 2 N–H and O–H groups in total. The predicted octanol–water partition coefficient (Wildman–Crippen LogP) is 1.51. The lowest BCUT2D eigenvalue weighted by Crippen LogP contribution is -2.47. The highest BCUT2D eigenvalue weighted by atomic mass is 16.2. The van der Waals surface area contributed by atoms with Crippen LogP contribution in [0.1, 0.15) is 38.2 Å². The number of benzene rings is 1. The first kappa shape index (κ1) is 17.5. The van der Waals surface area contributed by atoms with Gasteiger partial charge in [0.15, 0.2) is 0 Å². The molecule has 0 spiro atoms. The van der Waals surface area contributed by atoms with Crippen molar-refractivity contribution in [2.45, 2.75) is 44.7 Å². The normalized spacial score (nSPS) is 16.7. The fraction of sp³-hybridized carbons (Fsp3) is 0.556. The van der Waals surface area contributed by atoms with Gasteiger partial charge in [0.2, 0.25) is 11.8 Å². The Bertz CT molecular complexity index is 528. The van der Waals surface area contributed by atoms with Gasteiger partial charge in [-0.05, 0) is 38.3 Å². The summed E-state index contributed by atoms with van der Waals surface area (Å²) in [6, 6.07) is 10.1. The maximum absolute atomic E-state index is 12.3. The van der Waals surface area contributed by atoms with E-state index >= 15 is 0 Å². The summed E-state index contributed by atoms with van der Waals surface area (Å²) in [5, 5.41) is 5.91. The quantitative estimate of drug-likeness (QED) is 0.764. The molecule has 2 amide bonds. The maximum atomic E-state index is 12.3. The Kier molecular flexibility index (Phi) is 6.16. The third kappa shape index (κ3) is 5.67. The number of rotatable bonds is 8. The van der Waals surface area contributed by atoms with Gasteiger partial charge in [-0.2, -0.15) is 0 Å². The zero-order valence-electron chi connectivity index (χ0n) is 14.2. The molecule has 1 saturated carbocycles. The SMILES string of the molecule is CC(CNC(=O)C(C)N(C)CC(=O)NC1CC1)c1ccccc1. The lowest BCUT2D eigenvalue weighted by molar-refractivity contribution is -0.127. The van der Waals surface area contributed by atoms with Gasteiger partial charge in [0.1, 0.15) is 0 Å². The van der Waals surface area contributed by atoms with Crippen molar-refractivity contribution in [2.75, 3.05) is 20.1 Å². The van der Waals surface area contributed by atoms with Gasteiger partial charge in [-0.3, -0.25) is 14.5 Å². The van der Waals surface area contributed by atoms with Crippen LogP contribution in [-0.4, -0.2) is 48.9 Å². The van der Waals surface area contributed by atoms with E-state index < -0.39 is 0 Å². The van der Waals surface area contributed by atoms with E-state index in [1.54, 1.807) is 11.9 Å². The third-order valence-corrected chi connectivity index (χ3v) is 4.33. The number of carbonyl (C=O) groups is 2. The zero-order chi connectivity index (χ0) is 16.8. The van der Waals surface area contributed by atoms with Crippen molar-refractivity contribution in [3.8, 4) is 0 Å². The summed E-state index contributed by atoms with van der Waals surface area (Å²) in [6.07, 6.45) is 2.14. The average molecular weight is 317 g/mol. The Morgan fingerprint density at radius 3 is 2.48 bits per heavy atom. The van der Waals surface area contributed by atoms with Gasteiger partial charge in [-0.15, -0.1) is 0 Å². The molecule has 0 radical (unpaired) electrons. The second-order valence-corrected chi connectivity index (χ2v) is 6.49. The van der Waals surface area contributed by atoms with Crippen LogP contribution in [-0.2, 0) is 9.59 Å². The molecule has 1 fully saturated rings. The predicted molar refractivity (Wildman–Crippen MR) is 91.1 cm³/mol. The van der Waals surface area contributed by atoms with Gasteiger partial charge >= 0.3 is 0 Å². The highest BCUT2D eigenvalue weighted by Gasteiger charge is 2.25. The lowest BCUT2D eigenvalue weighted by Gasteiger charge is -2.24. The number of amides is 2. The summed E-state index contributed by atoms with van der Waals surface area (Å²) in [5.41, 5.74) is 1.21. The molecular weight excluding hydrogens is 290 g/mol. The van der Waals surface area contributed by atoms with Crippen molar-refractivity contribution in [2.24, 2.45) is 0 Å². The Morgan fingerprint density at radius 1 is 1.22 bits per heavy atom. The van der Waals surface area contributed by atoms with E-state index in [1.807, 2.05) is 25.1 Å². The molecule has 5 nitrogen and oxygen atoms in total. The summed E-state index contributed by atoms with van der Waals surface area (Å²) in [7, 11) is 1.80. The van der Waals surface area contributed by atoms with Gasteiger partial charge in [-0.1, -0.05) is 37.3 Å². The molecule has 0 aromatic heterocycles. The number of nitrogens with one attached hydrogen (secondary N) is 2. The zero-order valence-corrected chi connectivity index (χ0v) is 14.2. The van der Waals surface area contributed by atoms with Crippen molar-refractivity contribution in [3.05, 3.63) is 35.9 Å². The summed E-state index contributed by atoms with van der Waals surface area (Å²) in [6.45, 7) is 4.76. The maximum Gasteiger partial charge on any atom is 0.237 e. The van der Waals surface area contributed by atoms with Crippen molar-refractivity contribution in [1.82, 2.24) is 15.5 Å². The molecule has 2 unspecified atom stereocenters. The Balaban J connectivity index is 1.74. The molecule has 1 aromatic rings. The van der Waals surface area contributed by atoms with Crippen LogP contribution in [0.15, 0.2) is 30.3 Å². The standard InChI is InChI=1S/C18H27N3O2/c1-13(15-7-5-4-6-8-15)11-19-18(23)14(2)21(3)12-17(22)20-16-9-10-16/h4-8,13-14,16H,9-12H2,1-3H3,(H,19,23)(H,20,22). The van der Waals surface area contributed by atoms with E-state index in [9.17, 15) is 9.59 Å². The van der Waals surface area contributed by atoms with Crippen LogP contribution in [0.25, 0.3) is 0 Å². The second kappa shape index (κ2) is 8.11. The molecule has 0 saturated heterocycles. The molecule has 5 heteroatoms. The van der Waals surface area contributed by atoms with E-state index in [0.29, 0.717) is 12.6 Å². The monoisotopic (exact) mass is 317 g/mol. The van der Waals surface area contributed by atoms with E-state index in [4.69, 9.17) is 0 Å². The smallest absolute Gasteiger partial charge is 0.237 e. The Labute approximate surface area is 138 Å². The van der Waals surface area contributed by atoms with E-state index in [1.165, 1.54) is 5.56 Å². The van der Waals surface area contributed by atoms with E-state index in [-0.39, 0.29) is 30.3 Å². The average Bonchev–Trinajstić information content (AvgIpc) is 3.35. The van der Waals surface area contributed by atoms with Crippen LogP contribution in [0.2, 0.25) is 0 Å². The van der Waals surface area contributed by atoms with Crippen LogP contribution in [0.3, 0.4) is 0 Å². The first-order valence-electron chi connectivity index (χ1n) is 8.29. The van der Waals surface area contributed by atoms with Crippen LogP contribution >= 0.6 is 0 Å². The highest BCUT2D eigenvalue weighted by molar-refractivity contribution is 5.83. The first-order chi connectivity index (χ1) is 11.0. The minimum atomic E-state index is -0.331. The highest BCUT2D eigenvalue weighted by Crippen LogP contribution is 2.18. The van der Waals surface area contributed by atoms with Crippen molar-refractivity contribution >= 4 is 11.8 Å². The number of hydrogen-bond donors (Lipinski definition) is 2. The molecule has 0 heterocycles. The fourth-order valence-corrected chi connectivity index (χ4v) is 2.37. The second-order valence-electron chi connectivity index (χ2n) is 6.49. The van der Waals surface area contributed by atoms with Gasteiger partial charge < -0.3 is 10.6 Å². The van der Waals surface area contributed by atoms with E-state index in [0.717, 1.165) is 12.8 Å². The Hall–Kier alpha value is -1.88. The molecule has 1 aromatic carbocycles. The van der Waals surface area contributed by atoms with Crippen LogP contribution in [0.5, 0.6) is 0 Å². The molecule has 1 aliphatic rings. The summed E-state index contributed by atoms with van der Waals surface area (Å²) >= 11 is 0. The summed E-state index contributed by atoms with van der Waals surface area (Å²) in [5.74, 6) is 0.206. The van der Waals surface area contributed by atoms with Gasteiger partial charge in [0.25, 0.3) is 0 Å². The van der Waals surface area contributed by atoms with Gasteiger partial charge in [-0.25, -0.2) is 0 Å². The number of nitrogens with zero attached hydrogens (tertiary/aromatic N) is 1. The van der Waals surface area contributed by atoms with Crippen molar-refractivity contribution in [1.29, 1.82) is 0 Å². The van der Waals surface area contributed by atoms with Crippen LogP contribution in [0, 0.1) is 0 Å². The van der Waals surface area contributed by atoms with Crippen molar-refractivity contribution in [3.63, 3.8) is 0 Å². The fourth-order valence-electron chi connectivity index (χ4n) is 2.37. The summed E-state index contributed by atoms with van der Waals surface area (Å²) in [4.78, 5) is 25.8. The van der Waals surface area contributed by atoms with Crippen molar-refractivity contribution < 1.29 is 9.59 Å². The molecule has 23 heavy (non-hydrogen) atoms. The lowest BCUT2D eigenvalue weighted by atomic mass is 10.0. The largest absolute Gasteiger partial charge is 0.354 e. The molecule has 0 aliphatic heterocycles. The Morgan fingerprint density at radius 2 is 1.87 bits per heavy atom. The minimum Gasteiger partial charge on any atom is -0.354 e.